The van der Waals surface area contributed by atoms with Crippen LogP contribution in [0.3, 0.4) is 0 Å². The van der Waals surface area contributed by atoms with E-state index in [1.165, 1.54) is 11.1 Å². The highest BCUT2D eigenvalue weighted by Crippen LogP contribution is 2.18. The van der Waals surface area contributed by atoms with Crippen LogP contribution in [0.1, 0.15) is 29.4 Å². The second kappa shape index (κ2) is 7.20. The maximum absolute atomic E-state index is 12.7. The highest BCUT2D eigenvalue weighted by atomic mass is 16.1. The summed E-state index contributed by atoms with van der Waals surface area (Å²) in [5, 5.41) is 9.44. The number of aryl methyl sites for hydroxylation is 3. The van der Waals surface area contributed by atoms with Crippen molar-refractivity contribution in [1.82, 2.24) is 24.1 Å². The quantitative estimate of drug-likeness (QED) is 0.537. The van der Waals surface area contributed by atoms with Gasteiger partial charge in [-0.25, -0.2) is 0 Å². The Bertz CT molecular complexity index is 1220. The minimum atomic E-state index is -0.0441. The Morgan fingerprint density at radius 1 is 1.04 bits per heavy atom. The van der Waals surface area contributed by atoms with Crippen molar-refractivity contribution in [3.63, 3.8) is 0 Å². The van der Waals surface area contributed by atoms with Crippen LogP contribution in [-0.4, -0.2) is 30.6 Å². The fraction of sp³-hybridized carbons (Fsp3) is 0.318. The summed E-state index contributed by atoms with van der Waals surface area (Å²) in [5.74, 6) is 1.41. The van der Waals surface area contributed by atoms with Gasteiger partial charge in [-0.15, -0.1) is 10.2 Å². The molecule has 0 N–H and O–H groups in total. The lowest BCUT2D eigenvalue weighted by molar-refractivity contribution is 0.263. The predicted molar refractivity (Wildman–Crippen MR) is 111 cm³/mol. The molecule has 6 nitrogen and oxygen atoms in total. The largest absolute Gasteiger partial charge is 0.292 e. The standard InChI is InChI=1S/C22H25N5O/c1-5-26(13-17-9-7-6-8-16(17)3)14-20-23-24-22-25(4)21(28)18-12-15(2)10-11-19(18)27(20)22/h6-12H,5,13-14H2,1-4H3. The number of aromatic nitrogens is 4. The van der Waals surface area contributed by atoms with E-state index in [-0.39, 0.29) is 5.56 Å². The molecule has 0 unspecified atom stereocenters. The van der Waals surface area contributed by atoms with Gasteiger partial charge in [-0.05, 0) is 43.7 Å². The zero-order chi connectivity index (χ0) is 19.8. The summed E-state index contributed by atoms with van der Waals surface area (Å²) in [6.45, 7) is 8.69. The van der Waals surface area contributed by atoms with Gasteiger partial charge in [0.25, 0.3) is 5.56 Å². The maximum Gasteiger partial charge on any atom is 0.262 e. The number of benzene rings is 2. The molecule has 0 aliphatic carbocycles. The first-order chi connectivity index (χ1) is 13.5. The Labute approximate surface area is 164 Å². The van der Waals surface area contributed by atoms with E-state index in [1.54, 1.807) is 11.6 Å². The third-order valence-electron chi connectivity index (χ3n) is 5.41. The summed E-state index contributed by atoms with van der Waals surface area (Å²) in [5.41, 5.74) is 4.47. The number of nitrogens with zero attached hydrogens (tertiary/aromatic N) is 5. The monoisotopic (exact) mass is 375 g/mol. The Morgan fingerprint density at radius 3 is 2.57 bits per heavy atom. The summed E-state index contributed by atoms with van der Waals surface area (Å²) in [7, 11) is 1.75. The molecule has 0 amide bonds. The highest BCUT2D eigenvalue weighted by molar-refractivity contribution is 5.81. The van der Waals surface area contributed by atoms with Crippen LogP contribution in [0.15, 0.2) is 47.3 Å². The second-order valence-corrected chi connectivity index (χ2v) is 7.37. The molecule has 2 aromatic carbocycles. The smallest absolute Gasteiger partial charge is 0.262 e. The van der Waals surface area contributed by atoms with Gasteiger partial charge in [0, 0.05) is 13.6 Å². The average Bonchev–Trinajstić information content (AvgIpc) is 3.11. The van der Waals surface area contributed by atoms with E-state index in [9.17, 15) is 4.79 Å². The van der Waals surface area contributed by atoms with Gasteiger partial charge in [0.05, 0.1) is 17.4 Å². The molecule has 0 aliphatic heterocycles. The predicted octanol–water partition coefficient (Wildman–Crippen LogP) is 3.22. The summed E-state index contributed by atoms with van der Waals surface area (Å²) < 4.78 is 3.59. The van der Waals surface area contributed by atoms with Crippen LogP contribution < -0.4 is 5.56 Å². The van der Waals surface area contributed by atoms with Gasteiger partial charge in [-0.3, -0.25) is 18.7 Å². The molecule has 28 heavy (non-hydrogen) atoms. The van der Waals surface area contributed by atoms with Crippen molar-refractivity contribution >= 4 is 16.7 Å². The second-order valence-electron chi connectivity index (χ2n) is 7.37. The Morgan fingerprint density at radius 2 is 1.82 bits per heavy atom. The van der Waals surface area contributed by atoms with E-state index in [0.29, 0.717) is 17.7 Å². The first-order valence-corrected chi connectivity index (χ1v) is 9.59. The molecule has 0 bridgehead atoms. The van der Waals surface area contributed by atoms with Crippen molar-refractivity contribution in [2.45, 2.75) is 33.9 Å². The SMILES string of the molecule is CCN(Cc1ccccc1C)Cc1nnc2n(C)c(=O)c3cc(C)ccc3n12. The molecular formula is C22H25N5O. The van der Waals surface area contributed by atoms with Crippen molar-refractivity contribution in [3.8, 4) is 0 Å². The number of rotatable bonds is 5. The van der Waals surface area contributed by atoms with Gasteiger partial charge < -0.3 is 0 Å². The van der Waals surface area contributed by atoms with E-state index in [0.717, 1.165) is 30.0 Å². The number of fused-ring (bicyclic) bond motifs is 3. The van der Waals surface area contributed by atoms with Crippen molar-refractivity contribution < 1.29 is 0 Å². The van der Waals surface area contributed by atoms with E-state index >= 15 is 0 Å². The lowest BCUT2D eigenvalue weighted by Crippen LogP contribution is -2.25. The number of hydrogen-bond acceptors (Lipinski definition) is 4. The van der Waals surface area contributed by atoms with Crippen LogP contribution in [0.2, 0.25) is 0 Å². The third kappa shape index (κ3) is 3.10. The molecule has 0 saturated carbocycles. The van der Waals surface area contributed by atoms with Crippen molar-refractivity contribution in [1.29, 1.82) is 0 Å². The van der Waals surface area contributed by atoms with Crippen molar-refractivity contribution in [2.75, 3.05) is 6.54 Å². The summed E-state index contributed by atoms with van der Waals surface area (Å²) in [4.78, 5) is 15.1. The first kappa shape index (κ1) is 18.4. The van der Waals surface area contributed by atoms with Crippen LogP contribution in [0.4, 0.5) is 0 Å². The molecule has 0 fully saturated rings. The van der Waals surface area contributed by atoms with Crippen LogP contribution in [0, 0.1) is 13.8 Å². The minimum Gasteiger partial charge on any atom is -0.292 e. The van der Waals surface area contributed by atoms with Crippen LogP contribution in [-0.2, 0) is 20.1 Å². The normalized spacial score (nSPS) is 11.8. The third-order valence-corrected chi connectivity index (χ3v) is 5.41. The molecule has 0 aliphatic rings. The maximum atomic E-state index is 12.7. The molecular weight excluding hydrogens is 350 g/mol. The van der Waals surface area contributed by atoms with Gasteiger partial charge >= 0.3 is 0 Å². The van der Waals surface area contributed by atoms with E-state index in [1.807, 2.05) is 29.5 Å². The molecule has 0 spiro atoms. The van der Waals surface area contributed by atoms with Gasteiger partial charge in [0.15, 0.2) is 5.82 Å². The molecule has 0 atom stereocenters. The molecule has 2 aromatic heterocycles. The minimum absolute atomic E-state index is 0.0441. The lowest BCUT2D eigenvalue weighted by Gasteiger charge is -2.21. The van der Waals surface area contributed by atoms with Gasteiger partial charge in [-0.1, -0.05) is 42.8 Å². The zero-order valence-corrected chi connectivity index (χ0v) is 16.8. The van der Waals surface area contributed by atoms with E-state index in [4.69, 9.17) is 0 Å². The zero-order valence-electron chi connectivity index (χ0n) is 16.8. The summed E-state index contributed by atoms with van der Waals surface area (Å²) in [6.07, 6.45) is 0. The van der Waals surface area contributed by atoms with Gasteiger partial charge in [-0.2, -0.15) is 0 Å². The molecule has 144 valence electrons. The molecule has 6 heteroatoms. The molecule has 0 saturated heterocycles. The lowest BCUT2D eigenvalue weighted by atomic mass is 10.1. The molecule has 4 aromatic rings. The Kier molecular flexibility index (Phi) is 4.73. The van der Waals surface area contributed by atoms with Gasteiger partial charge in [0.2, 0.25) is 5.78 Å². The first-order valence-electron chi connectivity index (χ1n) is 9.59. The summed E-state index contributed by atoms with van der Waals surface area (Å²) in [6, 6.07) is 14.4. The topological polar surface area (TPSA) is 55.4 Å². The van der Waals surface area contributed by atoms with Crippen molar-refractivity contribution in [2.24, 2.45) is 7.05 Å². The summed E-state index contributed by atoms with van der Waals surface area (Å²) >= 11 is 0. The fourth-order valence-electron chi connectivity index (χ4n) is 3.67. The highest BCUT2D eigenvalue weighted by Gasteiger charge is 2.17. The molecule has 4 rings (SSSR count). The van der Waals surface area contributed by atoms with E-state index < -0.39 is 0 Å². The molecule has 0 radical (unpaired) electrons. The average molecular weight is 375 g/mol. The Balaban J connectivity index is 1.80. The number of hydrogen-bond donors (Lipinski definition) is 0. The van der Waals surface area contributed by atoms with Crippen LogP contribution in [0.5, 0.6) is 0 Å². The fourth-order valence-corrected chi connectivity index (χ4v) is 3.67. The van der Waals surface area contributed by atoms with E-state index in [2.05, 4.69) is 53.2 Å². The van der Waals surface area contributed by atoms with Crippen LogP contribution >= 0.6 is 0 Å². The Hall–Kier alpha value is -2.99. The molecule has 2 heterocycles. The van der Waals surface area contributed by atoms with Crippen LogP contribution in [0.25, 0.3) is 16.7 Å². The van der Waals surface area contributed by atoms with Gasteiger partial charge in [0.1, 0.15) is 0 Å². The van der Waals surface area contributed by atoms with Crippen molar-refractivity contribution in [3.05, 3.63) is 75.3 Å².